The molecule has 0 saturated carbocycles. The Balaban J connectivity index is 0.928. The van der Waals surface area contributed by atoms with Gasteiger partial charge in [0.25, 0.3) is 0 Å². The predicted molar refractivity (Wildman–Crippen MR) is 235 cm³/mol. The van der Waals surface area contributed by atoms with E-state index in [1.165, 1.54) is 83.9 Å². The molecule has 0 fully saturated rings. The molecule has 3 atom stereocenters. The first-order chi connectivity index (χ1) is 28.3. The van der Waals surface area contributed by atoms with E-state index in [1.807, 2.05) is 6.20 Å². The van der Waals surface area contributed by atoms with Crippen LogP contribution in [0.4, 0.5) is 11.4 Å². The van der Waals surface area contributed by atoms with Gasteiger partial charge in [-0.25, -0.2) is 0 Å². The van der Waals surface area contributed by atoms with Crippen molar-refractivity contribution in [2.75, 3.05) is 16.8 Å². The van der Waals surface area contributed by atoms with Crippen LogP contribution in [0.15, 0.2) is 193 Å². The van der Waals surface area contributed by atoms with Crippen molar-refractivity contribution in [3.05, 3.63) is 215 Å². The van der Waals surface area contributed by atoms with E-state index >= 15 is 0 Å². The van der Waals surface area contributed by atoms with Crippen LogP contribution in [0.25, 0.3) is 39.4 Å². The Kier molecular flexibility index (Phi) is 7.25. The van der Waals surface area contributed by atoms with E-state index in [0.29, 0.717) is 0 Å². The molecule has 12 rings (SSSR count). The van der Waals surface area contributed by atoms with Gasteiger partial charge in [0.1, 0.15) is 0 Å². The summed E-state index contributed by atoms with van der Waals surface area (Å²) in [5.74, 6) is 0.287. The largest absolute Gasteiger partial charge is 0.379 e. The number of fused-ring (bicyclic) bond motifs is 8. The van der Waals surface area contributed by atoms with Gasteiger partial charge in [-0.15, -0.1) is 0 Å². The number of nitrogens with one attached hydrogen (secondary N) is 1. The number of aromatic nitrogens is 2. The molecule has 4 heterocycles. The van der Waals surface area contributed by atoms with Gasteiger partial charge in [-0.05, 0) is 119 Å². The number of hydrogen-bond donors (Lipinski definition) is 1. The van der Waals surface area contributed by atoms with E-state index in [4.69, 9.17) is 4.98 Å². The molecular formula is C53H42N4. The average Bonchev–Trinajstić information content (AvgIpc) is 3.90. The van der Waals surface area contributed by atoms with Crippen molar-refractivity contribution in [2.24, 2.45) is 5.92 Å². The number of anilines is 2. The Hall–Kier alpha value is -6.65. The number of rotatable bonds is 5. The molecule has 0 amide bonds. The van der Waals surface area contributed by atoms with Crippen LogP contribution in [0.3, 0.4) is 0 Å². The molecule has 4 aliphatic carbocycles. The van der Waals surface area contributed by atoms with Crippen molar-refractivity contribution in [3.63, 3.8) is 0 Å². The maximum Gasteiger partial charge on any atom is 0.0708 e. The Morgan fingerprint density at radius 1 is 0.702 bits per heavy atom. The molecule has 6 aliphatic rings. The van der Waals surface area contributed by atoms with Crippen LogP contribution >= 0.6 is 0 Å². The minimum Gasteiger partial charge on any atom is -0.379 e. The van der Waals surface area contributed by atoms with Crippen molar-refractivity contribution in [3.8, 4) is 16.8 Å². The van der Waals surface area contributed by atoms with Crippen LogP contribution < -0.4 is 10.2 Å². The number of pyridine rings is 1. The third-order valence-corrected chi connectivity index (χ3v) is 13.2. The minimum atomic E-state index is -0.371. The molecule has 4 nitrogen and oxygen atoms in total. The van der Waals surface area contributed by atoms with Crippen LogP contribution in [0.1, 0.15) is 48.1 Å². The van der Waals surface area contributed by atoms with Crippen molar-refractivity contribution < 1.29 is 0 Å². The van der Waals surface area contributed by atoms with Crippen molar-refractivity contribution in [1.29, 1.82) is 0 Å². The second-order valence-corrected chi connectivity index (χ2v) is 16.1. The van der Waals surface area contributed by atoms with Gasteiger partial charge in [0, 0.05) is 52.9 Å². The first-order valence-corrected chi connectivity index (χ1v) is 20.5. The molecule has 0 bridgehead atoms. The van der Waals surface area contributed by atoms with Gasteiger partial charge in [-0.1, -0.05) is 115 Å². The smallest absolute Gasteiger partial charge is 0.0708 e. The number of allylic oxidation sites excluding steroid dienone is 8. The third-order valence-electron chi connectivity index (χ3n) is 13.2. The summed E-state index contributed by atoms with van der Waals surface area (Å²) in [6.07, 6.45) is 30.1. The van der Waals surface area contributed by atoms with E-state index < -0.39 is 0 Å². The van der Waals surface area contributed by atoms with Crippen molar-refractivity contribution >= 4 is 33.9 Å². The summed E-state index contributed by atoms with van der Waals surface area (Å²) in [5, 5.41) is 4.86. The second kappa shape index (κ2) is 12.7. The predicted octanol–water partition coefficient (Wildman–Crippen LogP) is 12.1. The molecule has 3 unspecified atom stereocenters. The van der Waals surface area contributed by atoms with Gasteiger partial charge >= 0.3 is 0 Å². The van der Waals surface area contributed by atoms with Gasteiger partial charge in [-0.3, -0.25) is 4.98 Å². The Bertz CT molecular complexity index is 2840. The Morgan fingerprint density at radius 3 is 2.32 bits per heavy atom. The lowest BCUT2D eigenvalue weighted by Crippen LogP contribution is -2.36. The SMILES string of the molecule is C1=CC(C2(c3ccccc3)C3=CC4C5=C(C=CCC5)N(c5ccc(-c6ccc(-n7c8c(c9ccccc97)NCC=C8)cc6)cc5)C4C=C3c3cnccc32)=CCC1. The van der Waals surface area contributed by atoms with E-state index in [0.717, 1.165) is 32.2 Å². The molecule has 4 heteroatoms. The lowest BCUT2D eigenvalue weighted by molar-refractivity contribution is 0.640. The van der Waals surface area contributed by atoms with Crippen LogP contribution in [0.2, 0.25) is 0 Å². The lowest BCUT2D eigenvalue weighted by Gasteiger charge is -2.39. The summed E-state index contributed by atoms with van der Waals surface area (Å²) in [4.78, 5) is 7.34. The normalized spacial score (nSPS) is 22.6. The summed E-state index contributed by atoms with van der Waals surface area (Å²) < 4.78 is 2.37. The van der Waals surface area contributed by atoms with E-state index in [9.17, 15) is 0 Å². The molecule has 1 N–H and O–H groups in total. The van der Waals surface area contributed by atoms with Gasteiger partial charge in [-0.2, -0.15) is 0 Å². The highest BCUT2D eigenvalue weighted by atomic mass is 15.2. The van der Waals surface area contributed by atoms with Crippen molar-refractivity contribution in [1.82, 2.24) is 9.55 Å². The van der Waals surface area contributed by atoms with Gasteiger partial charge in [0.15, 0.2) is 0 Å². The standard InChI is InChI=1S/C53H42N4/c1-3-12-37(13-4-1)53(38-14-5-2-6-15-38)46-29-31-54-34-45(46)43-33-51-44(32-47(43)53)41-16-7-9-18-48(41)57(51)40-27-23-36(24-28-40)35-21-25-39(26-22-35)56-49-19-10-8-17-42(49)52-50(56)20-11-30-55-52/h1,3-5,8-15,17-29,31-34,44,51,55H,2,6-7,16,30H2. The zero-order valence-electron chi connectivity index (χ0n) is 31.8. The number of para-hydroxylation sites is 1. The molecule has 0 spiro atoms. The number of hydrogen-bond acceptors (Lipinski definition) is 3. The van der Waals surface area contributed by atoms with Gasteiger partial charge in [0.2, 0.25) is 0 Å². The quantitative estimate of drug-likeness (QED) is 0.191. The van der Waals surface area contributed by atoms with Gasteiger partial charge in [0.05, 0.1) is 28.4 Å². The molecule has 2 aromatic heterocycles. The number of benzene rings is 4. The maximum atomic E-state index is 4.73. The maximum absolute atomic E-state index is 4.73. The van der Waals surface area contributed by atoms with Crippen LogP contribution in [-0.4, -0.2) is 22.1 Å². The first-order valence-electron chi connectivity index (χ1n) is 20.5. The Labute approximate surface area is 333 Å². The van der Waals surface area contributed by atoms with E-state index in [1.54, 1.807) is 5.57 Å². The van der Waals surface area contributed by atoms with Crippen molar-refractivity contribution in [2.45, 2.75) is 37.1 Å². The highest BCUT2D eigenvalue weighted by Crippen LogP contribution is 2.61. The second-order valence-electron chi connectivity index (χ2n) is 16.1. The average molecular weight is 735 g/mol. The molecule has 274 valence electrons. The molecule has 0 radical (unpaired) electrons. The van der Waals surface area contributed by atoms with Gasteiger partial charge < -0.3 is 14.8 Å². The monoisotopic (exact) mass is 734 g/mol. The highest BCUT2D eigenvalue weighted by molar-refractivity contribution is 6.00. The summed E-state index contributed by atoms with van der Waals surface area (Å²) in [6, 6.07) is 40.7. The summed E-state index contributed by atoms with van der Waals surface area (Å²) in [5.41, 5.74) is 19.1. The Morgan fingerprint density at radius 2 is 1.49 bits per heavy atom. The summed E-state index contributed by atoms with van der Waals surface area (Å²) in [7, 11) is 0. The fraction of sp³-hybridized carbons (Fsp3) is 0.151. The fourth-order valence-corrected chi connectivity index (χ4v) is 10.8. The molecule has 2 aliphatic heterocycles. The van der Waals surface area contributed by atoms with E-state index in [-0.39, 0.29) is 17.4 Å². The topological polar surface area (TPSA) is 33.1 Å². The molecular weight excluding hydrogens is 693 g/mol. The van der Waals surface area contributed by atoms with E-state index in [2.05, 4.69) is 185 Å². The minimum absolute atomic E-state index is 0.183. The van der Waals surface area contributed by atoms with Crippen LogP contribution in [-0.2, 0) is 5.41 Å². The lowest BCUT2D eigenvalue weighted by atomic mass is 9.64. The molecule has 0 saturated heterocycles. The summed E-state index contributed by atoms with van der Waals surface area (Å²) >= 11 is 0. The summed E-state index contributed by atoms with van der Waals surface area (Å²) in [6.45, 7) is 0.857. The molecule has 4 aromatic carbocycles. The first kappa shape index (κ1) is 32.6. The zero-order chi connectivity index (χ0) is 37.5. The fourth-order valence-electron chi connectivity index (χ4n) is 10.8. The highest BCUT2D eigenvalue weighted by Gasteiger charge is 2.53. The number of nitrogens with zero attached hydrogens (tertiary/aromatic N) is 3. The third kappa shape index (κ3) is 4.70. The molecule has 6 aromatic rings. The van der Waals surface area contributed by atoms with Crippen LogP contribution in [0, 0.1) is 5.92 Å². The molecule has 57 heavy (non-hydrogen) atoms. The zero-order valence-corrected chi connectivity index (χ0v) is 31.8. The van der Waals surface area contributed by atoms with Crippen LogP contribution in [0.5, 0.6) is 0 Å².